The molecule has 6 nitrogen and oxygen atoms in total. The van der Waals surface area contributed by atoms with Gasteiger partial charge in [0.25, 0.3) is 5.91 Å². The number of halogens is 1. The fourth-order valence-electron chi connectivity index (χ4n) is 4.11. The number of rotatable bonds is 8. The highest BCUT2D eigenvalue weighted by molar-refractivity contribution is 7.89. The SMILES string of the molecule is CC(C)NS(=O)(=O)c1ccc(Cl)c(C(=O)Nc2ccccc2CN(C)C2CCCCC2)c1. The molecule has 32 heavy (non-hydrogen) atoms. The molecule has 0 bridgehead atoms. The molecule has 1 aliphatic carbocycles. The number of anilines is 1. The second-order valence-electron chi connectivity index (χ2n) is 8.74. The fourth-order valence-corrected chi connectivity index (χ4v) is 5.59. The van der Waals surface area contributed by atoms with Crippen molar-refractivity contribution in [1.82, 2.24) is 9.62 Å². The van der Waals surface area contributed by atoms with Crippen LogP contribution >= 0.6 is 11.6 Å². The van der Waals surface area contributed by atoms with E-state index in [4.69, 9.17) is 11.6 Å². The van der Waals surface area contributed by atoms with Crippen LogP contribution in [0.4, 0.5) is 5.69 Å². The lowest BCUT2D eigenvalue weighted by atomic mass is 9.94. The van der Waals surface area contributed by atoms with Crippen LogP contribution in [0.15, 0.2) is 47.4 Å². The maximum Gasteiger partial charge on any atom is 0.257 e. The highest BCUT2D eigenvalue weighted by Crippen LogP contribution is 2.26. The van der Waals surface area contributed by atoms with E-state index >= 15 is 0 Å². The molecule has 0 aliphatic heterocycles. The molecule has 2 aromatic rings. The van der Waals surface area contributed by atoms with Crippen molar-refractivity contribution >= 4 is 33.2 Å². The molecule has 0 atom stereocenters. The lowest BCUT2D eigenvalue weighted by Gasteiger charge is -2.31. The van der Waals surface area contributed by atoms with Crippen molar-refractivity contribution in [1.29, 1.82) is 0 Å². The summed E-state index contributed by atoms with van der Waals surface area (Å²) in [5.41, 5.74) is 1.83. The van der Waals surface area contributed by atoms with Gasteiger partial charge >= 0.3 is 0 Å². The van der Waals surface area contributed by atoms with Crippen LogP contribution in [0, 0.1) is 0 Å². The maximum absolute atomic E-state index is 13.1. The van der Waals surface area contributed by atoms with Crippen molar-refractivity contribution < 1.29 is 13.2 Å². The third-order valence-electron chi connectivity index (χ3n) is 5.77. The molecule has 174 valence electrons. The summed E-state index contributed by atoms with van der Waals surface area (Å²) in [6.45, 7) is 4.20. The Hall–Kier alpha value is -1.93. The van der Waals surface area contributed by atoms with Gasteiger partial charge < -0.3 is 5.32 Å². The van der Waals surface area contributed by atoms with E-state index in [1.807, 2.05) is 24.3 Å². The second kappa shape index (κ2) is 10.8. The predicted molar refractivity (Wildman–Crippen MR) is 130 cm³/mol. The van der Waals surface area contributed by atoms with Crippen LogP contribution in [-0.4, -0.2) is 38.4 Å². The van der Waals surface area contributed by atoms with Crippen LogP contribution in [0.3, 0.4) is 0 Å². The van der Waals surface area contributed by atoms with Gasteiger partial charge in [-0.05, 0) is 63.6 Å². The number of benzene rings is 2. The Kier molecular flexibility index (Phi) is 8.33. The van der Waals surface area contributed by atoms with Gasteiger partial charge in [0, 0.05) is 24.3 Å². The number of amides is 1. The van der Waals surface area contributed by atoms with Crippen molar-refractivity contribution in [3.8, 4) is 0 Å². The molecule has 1 aliphatic rings. The van der Waals surface area contributed by atoms with Crippen molar-refractivity contribution in [2.75, 3.05) is 12.4 Å². The van der Waals surface area contributed by atoms with E-state index in [0.717, 1.165) is 12.1 Å². The number of sulfonamides is 1. The summed E-state index contributed by atoms with van der Waals surface area (Å²) in [5, 5.41) is 3.13. The van der Waals surface area contributed by atoms with Crippen molar-refractivity contribution in [3.05, 3.63) is 58.6 Å². The van der Waals surface area contributed by atoms with Crippen molar-refractivity contribution in [2.45, 2.75) is 69.5 Å². The molecule has 1 amide bonds. The maximum atomic E-state index is 13.1. The lowest BCUT2D eigenvalue weighted by molar-refractivity contribution is 0.102. The second-order valence-corrected chi connectivity index (χ2v) is 10.9. The first kappa shape index (κ1) is 24.7. The smallest absolute Gasteiger partial charge is 0.257 e. The van der Waals surface area contributed by atoms with Gasteiger partial charge in [0.05, 0.1) is 15.5 Å². The molecular weight excluding hydrogens is 446 g/mol. The zero-order chi connectivity index (χ0) is 23.3. The highest BCUT2D eigenvalue weighted by atomic mass is 35.5. The van der Waals surface area contributed by atoms with Gasteiger partial charge in [0.2, 0.25) is 10.0 Å². The van der Waals surface area contributed by atoms with Crippen LogP contribution in [0.25, 0.3) is 0 Å². The molecule has 0 spiro atoms. The topological polar surface area (TPSA) is 78.5 Å². The molecular formula is C24H32ClN3O3S. The molecule has 1 saturated carbocycles. The first-order chi connectivity index (χ1) is 15.2. The van der Waals surface area contributed by atoms with Crippen LogP contribution in [0.1, 0.15) is 61.9 Å². The van der Waals surface area contributed by atoms with Crippen LogP contribution < -0.4 is 10.0 Å². The average Bonchev–Trinajstić information content (AvgIpc) is 2.75. The predicted octanol–water partition coefficient (Wildman–Crippen LogP) is 5.04. The minimum atomic E-state index is -3.74. The van der Waals surface area contributed by atoms with Crippen LogP contribution in [0.2, 0.25) is 5.02 Å². The molecule has 0 aromatic heterocycles. The molecule has 2 aromatic carbocycles. The van der Waals surface area contributed by atoms with Gasteiger partial charge in [-0.1, -0.05) is 49.1 Å². The Bertz CT molecular complexity index is 1050. The van der Waals surface area contributed by atoms with E-state index in [9.17, 15) is 13.2 Å². The van der Waals surface area contributed by atoms with Crippen molar-refractivity contribution in [3.63, 3.8) is 0 Å². The zero-order valence-corrected chi connectivity index (χ0v) is 20.5. The quantitative estimate of drug-likeness (QED) is 0.558. The Morgan fingerprint density at radius 3 is 2.50 bits per heavy atom. The third-order valence-corrected chi connectivity index (χ3v) is 7.75. The van der Waals surface area contributed by atoms with E-state index in [2.05, 4.69) is 22.0 Å². The Morgan fingerprint density at radius 1 is 1.12 bits per heavy atom. The molecule has 2 N–H and O–H groups in total. The largest absolute Gasteiger partial charge is 0.322 e. The van der Waals surface area contributed by atoms with Gasteiger partial charge in [-0.15, -0.1) is 0 Å². The summed E-state index contributed by atoms with van der Waals surface area (Å²) >= 11 is 6.25. The molecule has 8 heteroatoms. The fraction of sp³-hybridized carbons (Fsp3) is 0.458. The zero-order valence-electron chi connectivity index (χ0n) is 18.9. The lowest BCUT2D eigenvalue weighted by Crippen LogP contribution is -2.33. The number of hydrogen-bond acceptors (Lipinski definition) is 4. The first-order valence-corrected chi connectivity index (χ1v) is 12.9. The summed E-state index contributed by atoms with van der Waals surface area (Å²) in [6, 6.07) is 12.1. The minimum Gasteiger partial charge on any atom is -0.322 e. The molecule has 0 radical (unpaired) electrons. The van der Waals surface area contributed by atoms with Gasteiger partial charge in [0.15, 0.2) is 0 Å². The summed E-state index contributed by atoms with van der Waals surface area (Å²) in [7, 11) is -1.61. The Labute approximate surface area is 196 Å². The summed E-state index contributed by atoms with van der Waals surface area (Å²) in [4.78, 5) is 15.4. The highest BCUT2D eigenvalue weighted by Gasteiger charge is 2.22. The average molecular weight is 478 g/mol. The number of nitrogens with one attached hydrogen (secondary N) is 2. The van der Waals surface area contributed by atoms with Crippen molar-refractivity contribution in [2.24, 2.45) is 0 Å². The van der Waals surface area contributed by atoms with Crippen LogP contribution in [-0.2, 0) is 16.6 Å². The number of carbonyl (C=O) groups is 1. The Balaban J connectivity index is 1.80. The van der Waals surface area contributed by atoms with E-state index in [-0.39, 0.29) is 21.5 Å². The third kappa shape index (κ3) is 6.32. The summed E-state index contributed by atoms with van der Waals surface area (Å²) < 4.78 is 27.6. The van der Waals surface area contributed by atoms with E-state index in [1.54, 1.807) is 13.8 Å². The standard InChI is InChI=1S/C24H32ClN3O3S/c1-17(2)27-32(30,31)20-13-14-22(25)21(15-20)24(29)26-23-12-8-7-9-18(23)16-28(3)19-10-5-4-6-11-19/h7-9,12-15,17,19,27H,4-6,10-11,16H2,1-3H3,(H,26,29). The van der Waals surface area contributed by atoms with Gasteiger partial charge in [-0.3, -0.25) is 9.69 Å². The number of carbonyl (C=O) groups excluding carboxylic acids is 1. The molecule has 0 heterocycles. The van der Waals surface area contributed by atoms with E-state index < -0.39 is 15.9 Å². The molecule has 0 saturated heterocycles. The molecule has 0 unspecified atom stereocenters. The minimum absolute atomic E-state index is 0.00562. The first-order valence-electron chi connectivity index (χ1n) is 11.1. The van der Waals surface area contributed by atoms with Gasteiger partial charge in [0.1, 0.15) is 0 Å². The molecule has 1 fully saturated rings. The summed E-state index contributed by atoms with van der Waals surface area (Å²) in [6.07, 6.45) is 6.23. The monoisotopic (exact) mass is 477 g/mol. The van der Waals surface area contributed by atoms with E-state index in [0.29, 0.717) is 11.7 Å². The van der Waals surface area contributed by atoms with E-state index in [1.165, 1.54) is 50.3 Å². The normalized spacial score (nSPS) is 15.3. The van der Waals surface area contributed by atoms with Crippen LogP contribution in [0.5, 0.6) is 0 Å². The Morgan fingerprint density at radius 2 is 1.81 bits per heavy atom. The number of nitrogens with zero attached hydrogens (tertiary/aromatic N) is 1. The summed E-state index contributed by atoms with van der Waals surface area (Å²) in [5.74, 6) is -0.440. The van der Waals surface area contributed by atoms with Gasteiger partial charge in [-0.25, -0.2) is 13.1 Å². The number of hydrogen-bond donors (Lipinski definition) is 2. The molecule has 3 rings (SSSR count). The number of para-hydroxylation sites is 1. The van der Waals surface area contributed by atoms with Gasteiger partial charge in [-0.2, -0.15) is 0 Å².